The Bertz CT molecular complexity index is 658. The molecule has 0 aromatic carbocycles. The zero-order valence-corrected chi connectivity index (χ0v) is 18.0. The van der Waals surface area contributed by atoms with Crippen LogP contribution in [0.3, 0.4) is 0 Å². The monoisotopic (exact) mass is 392 g/mol. The van der Waals surface area contributed by atoms with Crippen LogP contribution >= 0.6 is 0 Å². The molecule has 0 bridgehead atoms. The highest BCUT2D eigenvalue weighted by Crippen LogP contribution is 2.24. The van der Waals surface area contributed by atoms with Gasteiger partial charge >= 0.3 is 0 Å². The minimum absolute atomic E-state index is 0.0751. The molecule has 1 aliphatic rings. The molecule has 1 fully saturated rings. The summed E-state index contributed by atoms with van der Waals surface area (Å²) >= 11 is 0. The Morgan fingerprint density at radius 1 is 1.39 bits per heavy atom. The highest BCUT2D eigenvalue weighted by Gasteiger charge is 2.36. The van der Waals surface area contributed by atoms with Gasteiger partial charge in [-0.3, -0.25) is 14.3 Å². The van der Waals surface area contributed by atoms with Crippen molar-refractivity contribution in [1.82, 2.24) is 20.0 Å². The maximum atomic E-state index is 13.1. The third kappa shape index (κ3) is 6.62. The second-order valence-electron chi connectivity index (χ2n) is 8.61. The van der Waals surface area contributed by atoms with E-state index >= 15 is 0 Å². The van der Waals surface area contributed by atoms with Gasteiger partial charge in [0.05, 0.1) is 25.3 Å². The van der Waals surface area contributed by atoms with E-state index in [4.69, 9.17) is 4.74 Å². The number of carbonyl (C=O) groups excluding carboxylic acids is 2. The smallest absolute Gasteiger partial charge is 0.226 e. The number of hydrogen-bond acceptors (Lipinski definition) is 4. The minimum atomic E-state index is -0.567. The average Bonchev–Trinajstić information content (AvgIpc) is 3.03. The third-order valence-corrected chi connectivity index (χ3v) is 5.16. The molecule has 158 valence electrons. The summed E-state index contributed by atoms with van der Waals surface area (Å²) in [6.45, 7) is 10.4. The topological polar surface area (TPSA) is 76.5 Å². The predicted octanol–water partition coefficient (Wildman–Crippen LogP) is 2.16. The molecule has 0 spiro atoms. The molecule has 2 rings (SSSR count). The number of carbonyl (C=O) groups is 2. The van der Waals surface area contributed by atoms with Crippen LogP contribution in [0.5, 0.6) is 0 Å². The average molecular weight is 393 g/mol. The number of nitrogens with zero attached hydrogens (tertiary/aromatic N) is 3. The number of hydrogen-bond donors (Lipinski definition) is 1. The fourth-order valence-electron chi connectivity index (χ4n) is 3.81. The number of nitrogens with one attached hydrogen (secondary N) is 1. The predicted molar refractivity (Wildman–Crippen MR) is 109 cm³/mol. The first-order chi connectivity index (χ1) is 13.2. The molecule has 7 nitrogen and oxygen atoms in total. The van der Waals surface area contributed by atoms with Crippen LogP contribution in [0.2, 0.25) is 0 Å². The van der Waals surface area contributed by atoms with Gasteiger partial charge < -0.3 is 15.0 Å². The number of ether oxygens (including phenoxy) is 1. The standard InChI is InChI=1S/C21H36N4O3/c1-6-7-17(12-16(2)3)20(27)25-10-11-28-21(4,15-25)14-22-19(26)13-18-8-9-24(5)23-18/h8-9,16-17H,6-7,10-15H2,1-5H3,(H,22,26). The Hall–Kier alpha value is -1.89. The molecule has 1 N–H and O–H groups in total. The SMILES string of the molecule is CCCC(CC(C)C)C(=O)N1CCOC(C)(CNC(=O)Cc2ccn(C)n2)C1. The number of aromatic nitrogens is 2. The van der Waals surface area contributed by atoms with Gasteiger partial charge in [0.15, 0.2) is 0 Å². The van der Waals surface area contributed by atoms with Crippen LogP contribution in [-0.2, 0) is 27.8 Å². The second kappa shape index (κ2) is 10.0. The molecule has 1 aliphatic heterocycles. The van der Waals surface area contributed by atoms with E-state index in [1.807, 2.05) is 31.1 Å². The summed E-state index contributed by atoms with van der Waals surface area (Å²) in [7, 11) is 1.83. The zero-order chi connectivity index (χ0) is 20.7. The van der Waals surface area contributed by atoms with Crippen molar-refractivity contribution in [3.8, 4) is 0 Å². The summed E-state index contributed by atoms with van der Waals surface area (Å²) in [4.78, 5) is 27.2. The van der Waals surface area contributed by atoms with Crippen molar-refractivity contribution in [2.75, 3.05) is 26.2 Å². The number of rotatable bonds is 9. The lowest BCUT2D eigenvalue weighted by Gasteiger charge is -2.42. The molecule has 0 radical (unpaired) electrons. The van der Waals surface area contributed by atoms with E-state index in [0.717, 1.165) is 25.0 Å². The molecule has 2 unspecified atom stereocenters. The summed E-state index contributed by atoms with van der Waals surface area (Å²) in [6, 6.07) is 1.83. The van der Waals surface area contributed by atoms with Crippen molar-refractivity contribution >= 4 is 11.8 Å². The molecular weight excluding hydrogens is 356 g/mol. The van der Waals surface area contributed by atoms with Gasteiger partial charge in [-0.25, -0.2) is 0 Å². The van der Waals surface area contributed by atoms with Crippen molar-refractivity contribution in [1.29, 1.82) is 0 Å². The summed E-state index contributed by atoms with van der Waals surface area (Å²) in [5.74, 6) is 0.713. The highest BCUT2D eigenvalue weighted by molar-refractivity contribution is 5.79. The fraction of sp³-hybridized carbons (Fsp3) is 0.762. The fourth-order valence-corrected chi connectivity index (χ4v) is 3.81. The maximum Gasteiger partial charge on any atom is 0.226 e. The molecule has 2 heterocycles. The van der Waals surface area contributed by atoms with Crippen molar-refractivity contribution in [3.05, 3.63) is 18.0 Å². The lowest BCUT2D eigenvalue weighted by atomic mass is 9.91. The summed E-state index contributed by atoms with van der Waals surface area (Å²) < 4.78 is 7.63. The van der Waals surface area contributed by atoms with Gasteiger partial charge in [0.25, 0.3) is 0 Å². The minimum Gasteiger partial charge on any atom is -0.370 e. The van der Waals surface area contributed by atoms with Gasteiger partial charge in [-0.1, -0.05) is 27.2 Å². The molecule has 28 heavy (non-hydrogen) atoms. The maximum absolute atomic E-state index is 13.1. The van der Waals surface area contributed by atoms with E-state index in [-0.39, 0.29) is 24.2 Å². The van der Waals surface area contributed by atoms with E-state index in [9.17, 15) is 9.59 Å². The zero-order valence-electron chi connectivity index (χ0n) is 18.0. The normalized spacial score (nSPS) is 21.0. The summed E-state index contributed by atoms with van der Waals surface area (Å²) in [5.41, 5.74) is 0.171. The van der Waals surface area contributed by atoms with Crippen LogP contribution < -0.4 is 5.32 Å². The van der Waals surface area contributed by atoms with E-state index in [1.165, 1.54) is 0 Å². The first-order valence-electron chi connectivity index (χ1n) is 10.4. The number of morpholine rings is 1. The third-order valence-electron chi connectivity index (χ3n) is 5.16. The van der Waals surface area contributed by atoms with Crippen LogP contribution in [0.4, 0.5) is 0 Å². The molecule has 1 aromatic rings. The molecule has 1 saturated heterocycles. The lowest BCUT2D eigenvalue weighted by molar-refractivity contribution is -0.153. The first kappa shape index (κ1) is 22.4. The van der Waals surface area contributed by atoms with Crippen LogP contribution in [0.25, 0.3) is 0 Å². The summed E-state index contributed by atoms with van der Waals surface area (Å²) in [5, 5.41) is 7.18. The molecular formula is C21H36N4O3. The Morgan fingerprint density at radius 2 is 2.14 bits per heavy atom. The molecule has 0 aliphatic carbocycles. The Balaban J connectivity index is 1.90. The first-order valence-corrected chi connectivity index (χ1v) is 10.4. The van der Waals surface area contributed by atoms with Crippen LogP contribution in [0.1, 0.15) is 52.7 Å². The van der Waals surface area contributed by atoms with Gasteiger partial charge in [-0.05, 0) is 31.7 Å². The van der Waals surface area contributed by atoms with E-state index in [1.54, 1.807) is 4.68 Å². The number of aryl methyl sites for hydroxylation is 1. The van der Waals surface area contributed by atoms with E-state index < -0.39 is 5.60 Å². The van der Waals surface area contributed by atoms with E-state index in [0.29, 0.717) is 32.2 Å². The van der Waals surface area contributed by atoms with Gasteiger partial charge in [0.2, 0.25) is 11.8 Å². The second-order valence-corrected chi connectivity index (χ2v) is 8.61. The van der Waals surface area contributed by atoms with Crippen molar-refractivity contribution in [3.63, 3.8) is 0 Å². The van der Waals surface area contributed by atoms with Gasteiger partial charge in [-0.2, -0.15) is 5.10 Å². The van der Waals surface area contributed by atoms with Crippen molar-refractivity contribution < 1.29 is 14.3 Å². The van der Waals surface area contributed by atoms with Crippen molar-refractivity contribution in [2.24, 2.45) is 18.9 Å². The quantitative estimate of drug-likeness (QED) is 0.699. The molecule has 0 saturated carbocycles. The van der Waals surface area contributed by atoms with Crippen LogP contribution in [0.15, 0.2) is 12.3 Å². The summed E-state index contributed by atoms with van der Waals surface area (Å²) in [6.07, 6.45) is 4.91. The van der Waals surface area contributed by atoms with Crippen LogP contribution in [0, 0.1) is 11.8 Å². The Kier molecular flexibility index (Phi) is 8.04. The van der Waals surface area contributed by atoms with E-state index in [2.05, 4.69) is 31.2 Å². The van der Waals surface area contributed by atoms with Gasteiger partial charge in [-0.15, -0.1) is 0 Å². The molecule has 1 aromatic heterocycles. The Morgan fingerprint density at radius 3 is 2.75 bits per heavy atom. The van der Waals surface area contributed by atoms with Crippen LogP contribution in [-0.4, -0.2) is 58.3 Å². The largest absolute Gasteiger partial charge is 0.370 e. The van der Waals surface area contributed by atoms with Gasteiger partial charge in [0, 0.05) is 32.3 Å². The molecule has 7 heteroatoms. The van der Waals surface area contributed by atoms with Crippen molar-refractivity contribution in [2.45, 2.75) is 59.0 Å². The van der Waals surface area contributed by atoms with Gasteiger partial charge in [0.1, 0.15) is 5.60 Å². The Labute approximate surface area is 168 Å². The highest BCUT2D eigenvalue weighted by atomic mass is 16.5. The molecule has 2 amide bonds. The number of amides is 2. The molecule has 2 atom stereocenters. The lowest BCUT2D eigenvalue weighted by Crippen LogP contribution is -2.57.